The highest BCUT2D eigenvalue weighted by Crippen LogP contribution is 2.46. The number of nitrogens with zero attached hydrogens (tertiary/aromatic N) is 1. The van der Waals surface area contributed by atoms with Crippen molar-refractivity contribution in [3.8, 4) is 5.75 Å². The number of fused-ring (bicyclic) bond motifs is 3. The van der Waals surface area contributed by atoms with Crippen molar-refractivity contribution in [3.63, 3.8) is 0 Å². The zero-order valence-electron chi connectivity index (χ0n) is 30.0. The number of aliphatic hydroxyl groups is 1. The van der Waals surface area contributed by atoms with E-state index >= 15 is 0 Å². The van der Waals surface area contributed by atoms with Gasteiger partial charge in [-0.3, -0.25) is 9.52 Å². The van der Waals surface area contributed by atoms with Crippen molar-refractivity contribution in [2.45, 2.75) is 88.8 Å². The van der Waals surface area contributed by atoms with Gasteiger partial charge in [0.2, 0.25) is 0 Å². The first-order chi connectivity index (χ1) is 23.6. The van der Waals surface area contributed by atoms with Gasteiger partial charge in [0.05, 0.1) is 36.8 Å². The maximum atomic E-state index is 13.5. The van der Waals surface area contributed by atoms with Gasteiger partial charge in [0.25, 0.3) is 5.91 Å². The molecule has 0 bridgehead atoms. The lowest BCUT2D eigenvalue weighted by molar-refractivity contribution is 0.0581. The average Bonchev–Trinajstić information content (AvgIpc) is 3.23. The molecule has 0 radical (unpaired) electrons. The van der Waals surface area contributed by atoms with E-state index in [1.165, 1.54) is 17.5 Å². The fourth-order valence-electron chi connectivity index (χ4n) is 7.67. The molecule has 49 heavy (non-hydrogen) atoms. The first-order valence-corrected chi connectivity index (χ1v) is 19.5. The van der Waals surface area contributed by atoms with Crippen molar-refractivity contribution < 1.29 is 28.3 Å². The van der Waals surface area contributed by atoms with Crippen LogP contribution in [0.4, 0.5) is 5.69 Å². The van der Waals surface area contributed by atoms with Crippen LogP contribution < -0.4 is 20.1 Å². The van der Waals surface area contributed by atoms with Gasteiger partial charge in [-0.15, -0.1) is 0 Å². The number of hydrogen-bond donors (Lipinski definition) is 3. The molecule has 1 amide bonds. The molecule has 0 aromatic heterocycles. The minimum Gasteiger partial charge on any atom is -0.490 e. The normalized spacial score (nSPS) is 23.7. The van der Waals surface area contributed by atoms with E-state index in [4.69, 9.17) is 36.7 Å². The molecular formula is C38H58ClN3O6S. The van der Waals surface area contributed by atoms with Crippen LogP contribution >= 0.6 is 11.6 Å². The summed E-state index contributed by atoms with van der Waals surface area (Å²) in [4.78, 5) is 15.9. The van der Waals surface area contributed by atoms with Crippen LogP contribution in [0.1, 0.15) is 87.2 Å². The largest absolute Gasteiger partial charge is 0.490 e. The standard InChI is InChI=1S/C37H54ClN3O5S.CH4O/c1-5-7-25(2)26(3)47(43)40-36(42)29-11-14-35-34(19-29)41(20-30-10-9-27(30)15-17-45-22-32(39)21-44-4)23-37(24-46-35)16-6-8-28-18-31(38)12-13-33(28)37;1-2/h11-14,18-19,25-27,30,32H,5-10,15-17,20-24,39H2,1-4H3,(H,40,42);2H,1H3/t25?,26?,27?,30?,32?,37-,47?;/m0./s1. The number of anilines is 1. The molecule has 1 saturated carbocycles. The molecule has 7 atom stereocenters. The van der Waals surface area contributed by atoms with Gasteiger partial charge in [0.15, 0.2) is 0 Å². The smallest absolute Gasteiger partial charge is 0.263 e. The summed E-state index contributed by atoms with van der Waals surface area (Å²) in [7, 11) is 1.18. The average molecular weight is 720 g/mol. The summed E-state index contributed by atoms with van der Waals surface area (Å²) >= 11 is 6.44. The number of methoxy groups -OCH3 is 1. The molecule has 1 fully saturated rings. The number of nitrogens with two attached hydrogens (primary N) is 1. The summed E-state index contributed by atoms with van der Waals surface area (Å²) in [5.74, 6) is 1.80. The van der Waals surface area contributed by atoms with Crippen LogP contribution in [0.2, 0.25) is 5.02 Å². The van der Waals surface area contributed by atoms with E-state index in [-0.39, 0.29) is 28.5 Å². The van der Waals surface area contributed by atoms with Crippen molar-refractivity contribution in [1.29, 1.82) is 0 Å². The molecule has 11 heteroatoms. The summed E-state index contributed by atoms with van der Waals surface area (Å²) in [5, 5.41) is 7.64. The molecule has 2 aliphatic carbocycles. The molecule has 1 heterocycles. The maximum Gasteiger partial charge on any atom is 0.263 e. The second-order valence-electron chi connectivity index (χ2n) is 14.2. The lowest BCUT2D eigenvalue weighted by Gasteiger charge is -2.44. The van der Waals surface area contributed by atoms with E-state index in [2.05, 4.69) is 35.6 Å². The first kappa shape index (κ1) is 39.6. The van der Waals surface area contributed by atoms with Gasteiger partial charge in [0, 0.05) is 49.9 Å². The Kier molecular flexibility index (Phi) is 15.2. The zero-order valence-corrected chi connectivity index (χ0v) is 31.6. The highest BCUT2D eigenvalue weighted by atomic mass is 35.5. The number of hydrogen-bond acceptors (Lipinski definition) is 8. The number of carbonyl (C=O) groups excluding carboxylic acids is 1. The maximum absolute atomic E-state index is 13.5. The Bertz CT molecular complexity index is 1400. The Morgan fingerprint density at radius 1 is 1.18 bits per heavy atom. The number of aryl methyl sites for hydroxylation is 1. The van der Waals surface area contributed by atoms with Crippen LogP contribution in [0.3, 0.4) is 0 Å². The third-order valence-electron chi connectivity index (χ3n) is 10.8. The van der Waals surface area contributed by atoms with E-state index in [9.17, 15) is 9.00 Å². The lowest BCUT2D eigenvalue weighted by atomic mass is 9.69. The lowest BCUT2D eigenvalue weighted by Crippen LogP contribution is -2.48. The van der Waals surface area contributed by atoms with E-state index in [1.54, 1.807) is 13.2 Å². The van der Waals surface area contributed by atoms with E-state index in [0.717, 1.165) is 81.6 Å². The summed E-state index contributed by atoms with van der Waals surface area (Å²) in [6, 6.07) is 11.9. The minimum absolute atomic E-state index is 0.109. The Hall–Kier alpha value is -2.21. The first-order valence-electron chi connectivity index (χ1n) is 17.9. The molecule has 4 N–H and O–H groups in total. The number of halogens is 1. The topological polar surface area (TPSA) is 123 Å². The molecule has 5 rings (SSSR count). The number of amides is 1. The predicted molar refractivity (Wildman–Crippen MR) is 199 cm³/mol. The van der Waals surface area contributed by atoms with Gasteiger partial charge in [-0.2, -0.15) is 0 Å². The van der Waals surface area contributed by atoms with Crippen LogP contribution in [0.25, 0.3) is 0 Å². The van der Waals surface area contributed by atoms with Gasteiger partial charge in [-0.1, -0.05) is 37.9 Å². The van der Waals surface area contributed by atoms with Gasteiger partial charge >= 0.3 is 0 Å². The van der Waals surface area contributed by atoms with Crippen molar-refractivity contribution in [1.82, 2.24) is 4.72 Å². The van der Waals surface area contributed by atoms with Gasteiger partial charge in [-0.25, -0.2) is 4.21 Å². The van der Waals surface area contributed by atoms with E-state index < -0.39 is 11.0 Å². The fraction of sp³-hybridized carbons (Fsp3) is 0.658. The predicted octanol–water partition coefficient (Wildman–Crippen LogP) is 6.05. The zero-order chi connectivity index (χ0) is 35.6. The monoisotopic (exact) mass is 719 g/mol. The Balaban J connectivity index is 0.00000265. The number of benzene rings is 2. The van der Waals surface area contributed by atoms with Crippen molar-refractivity contribution in [2.75, 3.05) is 58.6 Å². The Labute approximate surface area is 301 Å². The highest BCUT2D eigenvalue weighted by molar-refractivity contribution is 7.84. The molecule has 6 unspecified atom stereocenters. The van der Waals surface area contributed by atoms with Crippen LogP contribution in [-0.2, 0) is 32.3 Å². The van der Waals surface area contributed by atoms with Gasteiger partial charge in [-0.05, 0) is 111 Å². The van der Waals surface area contributed by atoms with E-state index in [1.807, 2.05) is 25.1 Å². The van der Waals surface area contributed by atoms with Crippen LogP contribution in [0, 0.1) is 17.8 Å². The van der Waals surface area contributed by atoms with Crippen molar-refractivity contribution in [3.05, 3.63) is 58.1 Å². The third-order valence-corrected chi connectivity index (χ3v) is 12.5. The molecule has 9 nitrogen and oxygen atoms in total. The van der Waals surface area contributed by atoms with Crippen LogP contribution in [0.5, 0.6) is 5.75 Å². The quantitative estimate of drug-likeness (QED) is 0.190. The van der Waals surface area contributed by atoms with Crippen molar-refractivity contribution >= 4 is 34.2 Å². The summed E-state index contributed by atoms with van der Waals surface area (Å²) in [5.41, 5.74) is 9.91. The number of rotatable bonds is 15. The Morgan fingerprint density at radius 2 is 1.96 bits per heavy atom. The molecule has 3 aliphatic rings. The Morgan fingerprint density at radius 3 is 2.67 bits per heavy atom. The molecule has 274 valence electrons. The number of nitrogens with one attached hydrogen (secondary N) is 1. The van der Waals surface area contributed by atoms with Crippen LogP contribution in [0.15, 0.2) is 36.4 Å². The highest BCUT2D eigenvalue weighted by Gasteiger charge is 2.43. The number of aliphatic hydroxyl groups excluding tert-OH is 1. The number of carbonyl (C=O) groups is 1. The van der Waals surface area contributed by atoms with Gasteiger partial charge in [0.1, 0.15) is 16.7 Å². The van der Waals surface area contributed by atoms with Crippen molar-refractivity contribution in [2.24, 2.45) is 23.5 Å². The molecule has 2 aromatic carbocycles. The van der Waals surface area contributed by atoms with Crippen LogP contribution in [-0.4, -0.2) is 80.3 Å². The molecule has 1 aliphatic heterocycles. The van der Waals surface area contributed by atoms with E-state index in [0.29, 0.717) is 43.8 Å². The second-order valence-corrected chi connectivity index (χ2v) is 16.1. The minimum atomic E-state index is -1.47. The summed E-state index contributed by atoms with van der Waals surface area (Å²) in [6.45, 7) is 10.1. The second kappa shape index (κ2) is 18.9. The number of ether oxygens (including phenoxy) is 3. The third kappa shape index (κ3) is 9.98. The summed E-state index contributed by atoms with van der Waals surface area (Å²) < 4.78 is 33.6. The fourth-order valence-corrected chi connectivity index (χ4v) is 8.91. The van der Waals surface area contributed by atoms with Gasteiger partial charge < -0.3 is 30.0 Å². The molecule has 2 aromatic rings. The molecule has 0 saturated heterocycles. The molecular weight excluding hydrogens is 662 g/mol. The molecule has 1 spiro atoms. The SMILES string of the molecule is CCCC(C)C(C)S(=O)NC(=O)c1ccc2c(c1)N(CC1CCC1CCOCC(N)COC)C[C@@]1(CCCc3cc(Cl)ccc31)CO2.CO. The summed E-state index contributed by atoms with van der Waals surface area (Å²) in [6.07, 6.45) is 8.45.